The molecule has 214 valence electrons. The van der Waals surface area contributed by atoms with Crippen LogP contribution in [0.25, 0.3) is 10.8 Å². The fourth-order valence-corrected chi connectivity index (χ4v) is 5.27. The first kappa shape index (κ1) is 29.5. The SMILES string of the molecule is COc1cc(N=Nc2cc(C)c(N=Nc3ccc4cc(S(=O)(=O)O)cc(S(=O)(=O)O)c4c3)cc2OC)c(C)cc1N. The van der Waals surface area contributed by atoms with Crippen LogP contribution in [0, 0.1) is 13.8 Å². The van der Waals surface area contributed by atoms with E-state index in [0.717, 1.165) is 11.6 Å². The number of nitrogen functional groups attached to an aromatic ring is 1. The molecule has 0 saturated carbocycles. The summed E-state index contributed by atoms with van der Waals surface area (Å²) in [5.74, 6) is 0.831. The standard InChI is InChI=1S/C26H25N5O8S2/c1-14-7-20(27)24(38-3)12-21(14)30-31-23-8-15(2)22(13-25(23)39-4)29-28-17-6-5-16-9-18(40(32,33)34)11-26(19(16)10-17)41(35,36)37/h5-13H,27H2,1-4H3,(H,32,33,34)(H,35,36,37). The van der Waals surface area contributed by atoms with Crippen molar-refractivity contribution in [1.82, 2.24) is 0 Å². The molecule has 0 fully saturated rings. The van der Waals surface area contributed by atoms with Crippen molar-refractivity contribution in [1.29, 1.82) is 0 Å². The second-order valence-corrected chi connectivity index (χ2v) is 11.7. The molecule has 4 aromatic carbocycles. The molecule has 0 aliphatic heterocycles. The number of methoxy groups -OCH3 is 2. The van der Waals surface area contributed by atoms with E-state index < -0.39 is 30.0 Å². The van der Waals surface area contributed by atoms with Crippen LogP contribution in [0.2, 0.25) is 0 Å². The molecule has 0 heterocycles. The van der Waals surface area contributed by atoms with Gasteiger partial charge in [0.1, 0.15) is 22.1 Å². The molecule has 0 aromatic heterocycles. The number of ether oxygens (including phenoxy) is 2. The van der Waals surface area contributed by atoms with Gasteiger partial charge < -0.3 is 15.2 Å². The first-order chi connectivity index (χ1) is 19.2. The van der Waals surface area contributed by atoms with Crippen molar-refractivity contribution < 1.29 is 35.4 Å². The number of rotatable bonds is 8. The number of benzene rings is 4. The van der Waals surface area contributed by atoms with Gasteiger partial charge >= 0.3 is 0 Å². The average molecular weight is 600 g/mol. The summed E-state index contributed by atoms with van der Waals surface area (Å²) in [7, 11) is -6.61. The van der Waals surface area contributed by atoms with Gasteiger partial charge in [0.25, 0.3) is 20.2 Å². The number of nitrogens with zero attached hydrogens (tertiary/aromatic N) is 4. The topological polar surface area (TPSA) is 203 Å². The summed E-state index contributed by atoms with van der Waals surface area (Å²) in [6, 6.07) is 12.6. The lowest BCUT2D eigenvalue weighted by molar-refractivity contribution is 0.415. The maximum atomic E-state index is 12.0. The Morgan fingerprint density at radius 2 is 1.27 bits per heavy atom. The van der Waals surface area contributed by atoms with E-state index in [-0.39, 0.29) is 16.5 Å². The minimum absolute atomic E-state index is 0.0176. The number of azo groups is 2. The van der Waals surface area contributed by atoms with Crippen LogP contribution in [0.3, 0.4) is 0 Å². The Labute approximate surface area is 235 Å². The Balaban J connectivity index is 1.71. The molecule has 4 rings (SSSR count). The first-order valence-electron chi connectivity index (χ1n) is 11.7. The largest absolute Gasteiger partial charge is 0.495 e. The van der Waals surface area contributed by atoms with Gasteiger partial charge in [-0.05, 0) is 66.8 Å². The van der Waals surface area contributed by atoms with Gasteiger partial charge in [-0.15, -0.1) is 5.11 Å². The molecule has 4 N–H and O–H groups in total. The summed E-state index contributed by atoms with van der Waals surface area (Å²) in [5, 5.41) is 17.1. The zero-order chi connectivity index (χ0) is 30.1. The number of aryl methyl sites for hydroxylation is 2. The second kappa shape index (κ2) is 11.2. The van der Waals surface area contributed by atoms with Crippen LogP contribution in [-0.2, 0) is 20.2 Å². The Kier molecular flexibility index (Phi) is 8.08. The van der Waals surface area contributed by atoms with Crippen LogP contribution in [-0.4, -0.2) is 40.2 Å². The molecule has 0 aliphatic carbocycles. The Morgan fingerprint density at radius 3 is 1.88 bits per heavy atom. The molecule has 0 radical (unpaired) electrons. The highest BCUT2D eigenvalue weighted by atomic mass is 32.2. The molecule has 15 heteroatoms. The highest BCUT2D eigenvalue weighted by Crippen LogP contribution is 2.38. The van der Waals surface area contributed by atoms with Gasteiger partial charge in [-0.3, -0.25) is 9.11 Å². The smallest absolute Gasteiger partial charge is 0.295 e. The lowest BCUT2D eigenvalue weighted by atomic mass is 10.1. The summed E-state index contributed by atoms with van der Waals surface area (Å²) < 4.78 is 76.8. The zero-order valence-electron chi connectivity index (χ0n) is 22.2. The van der Waals surface area contributed by atoms with Gasteiger partial charge in [0.05, 0.1) is 41.9 Å². The lowest BCUT2D eigenvalue weighted by Crippen LogP contribution is -2.04. The minimum atomic E-state index is -4.85. The predicted molar refractivity (Wildman–Crippen MR) is 152 cm³/mol. The maximum absolute atomic E-state index is 12.0. The van der Waals surface area contributed by atoms with Crippen LogP contribution in [0.1, 0.15) is 11.1 Å². The highest BCUT2D eigenvalue weighted by Gasteiger charge is 2.20. The Morgan fingerprint density at radius 1 is 0.683 bits per heavy atom. The minimum Gasteiger partial charge on any atom is -0.495 e. The van der Waals surface area contributed by atoms with E-state index >= 15 is 0 Å². The molecule has 0 bridgehead atoms. The van der Waals surface area contributed by atoms with E-state index in [1.807, 2.05) is 6.92 Å². The molecule has 0 aliphatic rings. The van der Waals surface area contributed by atoms with Crippen molar-refractivity contribution in [3.8, 4) is 11.5 Å². The van der Waals surface area contributed by atoms with Crippen molar-refractivity contribution in [3.63, 3.8) is 0 Å². The summed E-state index contributed by atoms with van der Waals surface area (Å²) in [6.07, 6.45) is 0. The van der Waals surface area contributed by atoms with Gasteiger partial charge in [0.15, 0.2) is 0 Å². The summed E-state index contributed by atoms with van der Waals surface area (Å²) in [6.45, 7) is 3.62. The van der Waals surface area contributed by atoms with Crippen LogP contribution >= 0.6 is 0 Å². The molecule has 41 heavy (non-hydrogen) atoms. The van der Waals surface area contributed by atoms with Gasteiger partial charge in [-0.1, -0.05) is 6.07 Å². The number of fused-ring (bicyclic) bond motifs is 1. The number of anilines is 1. The van der Waals surface area contributed by atoms with Crippen LogP contribution in [0.15, 0.2) is 84.8 Å². The fraction of sp³-hybridized carbons (Fsp3) is 0.154. The van der Waals surface area contributed by atoms with Crippen molar-refractivity contribution in [2.75, 3.05) is 20.0 Å². The average Bonchev–Trinajstić information content (AvgIpc) is 2.90. The number of hydrogen-bond acceptors (Lipinski definition) is 11. The molecule has 0 unspecified atom stereocenters. The van der Waals surface area contributed by atoms with Crippen molar-refractivity contribution in [3.05, 3.63) is 65.7 Å². The number of nitrogens with two attached hydrogens (primary N) is 1. The molecular formula is C26H25N5O8S2. The van der Waals surface area contributed by atoms with E-state index in [2.05, 4.69) is 20.5 Å². The summed E-state index contributed by atoms with van der Waals surface area (Å²) in [5.41, 5.74) is 9.50. The van der Waals surface area contributed by atoms with Crippen LogP contribution in [0.4, 0.5) is 28.4 Å². The van der Waals surface area contributed by atoms with Gasteiger partial charge in [0, 0.05) is 17.5 Å². The van der Waals surface area contributed by atoms with E-state index in [1.165, 1.54) is 32.4 Å². The van der Waals surface area contributed by atoms with E-state index in [9.17, 15) is 25.9 Å². The molecule has 0 saturated heterocycles. The first-order valence-corrected chi connectivity index (χ1v) is 14.6. The molecule has 0 amide bonds. The Bertz CT molecular complexity index is 1960. The molecule has 13 nitrogen and oxygen atoms in total. The molecule has 0 atom stereocenters. The van der Waals surface area contributed by atoms with Gasteiger partial charge in [-0.2, -0.15) is 32.2 Å². The van der Waals surface area contributed by atoms with Crippen molar-refractivity contribution in [2.45, 2.75) is 23.6 Å². The summed E-state index contributed by atoms with van der Waals surface area (Å²) in [4.78, 5) is -1.39. The second-order valence-electron chi connectivity index (χ2n) is 8.87. The van der Waals surface area contributed by atoms with E-state index in [4.69, 9.17) is 15.2 Å². The summed E-state index contributed by atoms with van der Waals surface area (Å²) >= 11 is 0. The quantitative estimate of drug-likeness (QED) is 0.117. The van der Waals surface area contributed by atoms with Gasteiger partial charge in [-0.25, -0.2) is 0 Å². The van der Waals surface area contributed by atoms with Crippen molar-refractivity contribution >= 4 is 59.4 Å². The third-order valence-electron chi connectivity index (χ3n) is 6.03. The van der Waals surface area contributed by atoms with Gasteiger partial charge in [0.2, 0.25) is 0 Å². The van der Waals surface area contributed by atoms with Crippen molar-refractivity contribution in [2.24, 2.45) is 20.5 Å². The normalized spacial score (nSPS) is 12.4. The number of hydrogen-bond donors (Lipinski definition) is 3. The Hall–Kier alpha value is -4.44. The fourth-order valence-electron chi connectivity index (χ4n) is 3.92. The third kappa shape index (κ3) is 6.49. The van der Waals surface area contributed by atoms with E-state index in [1.54, 1.807) is 31.2 Å². The third-order valence-corrected chi connectivity index (χ3v) is 7.76. The highest BCUT2D eigenvalue weighted by molar-refractivity contribution is 7.86. The maximum Gasteiger partial charge on any atom is 0.295 e. The van der Waals surface area contributed by atoms with Crippen LogP contribution < -0.4 is 15.2 Å². The monoisotopic (exact) mass is 599 g/mol. The molecule has 4 aromatic rings. The molecular weight excluding hydrogens is 574 g/mol. The van der Waals surface area contributed by atoms with E-state index in [0.29, 0.717) is 45.9 Å². The zero-order valence-corrected chi connectivity index (χ0v) is 23.9. The predicted octanol–water partition coefficient (Wildman–Crippen LogP) is 6.38. The lowest BCUT2D eigenvalue weighted by Gasteiger charge is -2.09. The molecule has 0 spiro atoms. The van der Waals surface area contributed by atoms with Crippen LogP contribution in [0.5, 0.6) is 11.5 Å².